The van der Waals surface area contributed by atoms with E-state index in [-0.39, 0.29) is 0 Å². The SMILES string of the molecule is c1cc(N2CCOCC2)ccc1Nc1ncc2cnn(C3CCCC4CCCCC43)c2n1. The predicted octanol–water partition coefficient (Wildman–Crippen LogP) is 4.94. The number of rotatable bonds is 4. The van der Waals surface area contributed by atoms with Crippen LogP contribution in [0, 0.1) is 11.8 Å². The highest BCUT2D eigenvalue weighted by Gasteiger charge is 2.37. The number of nitrogens with zero attached hydrogens (tertiary/aromatic N) is 5. The Kier molecular flexibility index (Phi) is 5.43. The molecule has 2 saturated carbocycles. The summed E-state index contributed by atoms with van der Waals surface area (Å²) in [6, 6.07) is 8.98. The minimum Gasteiger partial charge on any atom is -0.378 e. The van der Waals surface area contributed by atoms with E-state index in [0.29, 0.717) is 12.0 Å². The lowest BCUT2D eigenvalue weighted by Crippen LogP contribution is -2.36. The molecule has 7 heteroatoms. The molecule has 0 bridgehead atoms. The van der Waals surface area contributed by atoms with E-state index in [1.165, 1.54) is 50.6 Å². The number of ether oxygens (including phenoxy) is 1. The van der Waals surface area contributed by atoms with Crippen molar-refractivity contribution in [1.82, 2.24) is 19.7 Å². The van der Waals surface area contributed by atoms with Crippen molar-refractivity contribution in [3.63, 3.8) is 0 Å². The molecule has 7 nitrogen and oxygen atoms in total. The number of aromatic nitrogens is 4. The van der Waals surface area contributed by atoms with Crippen molar-refractivity contribution in [2.24, 2.45) is 11.8 Å². The monoisotopic (exact) mass is 432 g/mol. The number of anilines is 3. The number of nitrogens with one attached hydrogen (secondary N) is 1. The van der Waals surface area contributed by atoms with Gasteiger partial charge in [0, 0.05) is 30.7 Å². The highest BCUT2D eigenvalue weighted by atomic mass is 16.5. The molecule has 2 aromatic heterocycles. The number of hydrogen-bond acceptors (Lipinski definition) is 6. The number of morpholine rings is 1. The Morgan fingerprint density at radius 1 is 0.906 bits per heavy atom. The van der Waals surface area contributed by atoms with Crippen LogP contribution >= 0.6 is 0 Å². The van der Waals surface area contributed by atoms with Gasteiger partial charge in [-0.2, -0.15) is 10.1 Å². The Labute approximate surface area is 189 Å². The standard InChI is InChI=1S/C25H32N6O/c1-2-6-22-18(4-1)5-3-7-23(22)31-24-19(17-27-31)16-26-25(29-24)28-20-8-10-21(11-9-20)30-12-14-32-15-13-30/h8-11,16-18,22-23H,1-7,12-15H2,(H,26,28,29). The van der Waals surface area contributed by atoms with Crippen LogP contribution in [0.4, 0.5) is 17.3 Å². The number of hydrogen-bond donors (Lipinski definition) is 1. The fraction of sp³-hybridized carbons (Fsp3) is 0.560. The second kappa shape index (κ2) is 8.70. The van der Waals surface area contributed by atoms with Crippen LogP contribution in [0.5, 0.6) is 0 Å². The summed E-state index contributed by atoms with van der Waals surface area (Å²) in [4.78, 5) is 11.8. The van der Waals surface area contributed by atoms with Crippen LogP contribution in [0.15, 0.2) is 36.7 Å². The summed E-state index contributed by atoms with van der Waals surface area (Å²) >= 11 is 0. The third kappa shape index (κ3) is 3.83. The van der Waals surface area contributed by atoms with Crippen molar-refractivity contribution < 1.29 is 4.74 Å². The van der Waals surface area contributed by atoms with Crippen LogP contribution in [0.1, 0.15) is 51.0 Å². The van der Waals surface area contributed by atoms with Gasteiger partial charge >= 0.3 is 0 Å². The van der Waals surface area contributed by atoms with E-state index in [0.717, 1.165) is 54.9 Å². The first-order chi connectivity index (χ1) is 15.8. The zero-order valence-corrected chi connectivity index (χ0v) is 18.6. The molecule has 168 valence electrons. The molecular formula is C25H32N6O. The van der Waals surface area contributed by atoms with Gasteiger partial charge in [0.1, 0.15) is 0 Å². The van der Waals surface area contributed by atoms with Crippen molar-refractivity contribution in [2.75, 3.05) is 36.5 Å². The molecule has 6 rings (SSSR count). The average Bonchev–Trinajstić information content (AvgIpc) is 3.28. The van der Waals surface area contributed by atoms with Crippen LogP contribution < -0.4 is 10.2 Å². The Hall–Kier alpha value is -2.67. The van der Waals surface area contributed by atoms with E-state index in [4.69, 9.17) is 14.8 Å². The summed E-state index contributed by atoms with van der Waals surface area (Å²) in [5, 5.41) is 9.21. The van der Waals surface area contributed by atoms with E-state index in [9.17, 15) is 0 Å². The highest BCUT2D eigenvalue weighted by Crippen LogP contribution is 2.46. The molecule has 0 spiro atoms. The van der Waals surface area contributed by atoms with Crippen molar-refractivity contribution in [3.8, 4) is 0 Å². The summed E-state index contributed by atoms with van der Waals surface area (Å²) in [5.74, 6) is 2.25. The largest absolute Gasteiger partial charge is 0.378 e. The smallest absolute Gasteiger partial charge is 0.229 e. The maximum atomic E-state index is 5.46. The summed E-state index contributed by atoms with van der Waals surface area (Å²) < 4.78 is 7.67. The first kappa shape index (κ1) is 20.0. The van der Waals surface area contributed by atoms with Crippen molar-refractivity contribution >= 4 is 28.4 Å². The fourth-order valence-electron chi connectivity index (χ4n) is 6.05. The second-order valence-corrected chi connectivity index (χ2v) is 9.54. The van der Waals surface area contributed by atoms with Crippen LogP contribution in [0.3, 0.4) is 0 Å². The molecular weight excluding hydrogens is 400 g/mol. The lowest BCUT2D eigenvalue weighted by atomic mass is 9.68. The van der Waals surface area contributed by atoms with Crippen molar-refractivity contribution in [2.45, 2.75) is 51.0 Å². The van der Waals surface area contributed by atoms with Gasteiger partial charge in [-0.25, -0.2) is 9.67 Å². The normalized spacial score (nSPS) is 26.1. The summed E-state index contributed by atoms with van der Waals surface area (Å²) in [6.07, 6.45) is 13.2. The van der Waals surface area contributed by atoms with Crippen LogP contribution in [0.2, 0.25) is 0 Å². The molecule has 0 amide bonds. The Balaban J connectivity index is 1.23. The topological polar surface area (TPSA) is 68.1 Å². The second-order valence-electron chi connectivity index (χ2n) is 9.54. The Morgan fingerprint density at radius 2 is 1.72 bits per heavy atom. The van der Waals surface area contributed by atoms with Gasteiger partial charge in [-0.05, 0) is 48.9 Å². The van der Waals surface area contributed by atoms with E-state index in [1.807, 2.05) is 12.4 Å². The molecule has 3 aliphatic rings. The molecule has 1 aromatic carbocycles. The zero-order valence-electron chi connectivity index (χ0n) is 18.6. The first-order valence-electron chi connectivity index (χ1n) is 12.3. The van der Waals surface area contributed by atoms with Gasteiger partial charge in [-0.15, -0.1) is 0 Å². The van der Waals surface area contributed by atoms with Gasteiger partial charge in [-0.3, -0.25) is 0 Å². The lowest BCUT2D eigenvalue weighted by Gasteiger charge is -2.41. The van der Waals surface area contributed by atoms with Gasteiger partial charge in [0.05, 0.1) is 30.8 Å². The van der Waals surface area contributed by atoms with E-state index in [2.05, 4.69) is 44.1 Å². The molecule has 3 aromatic rings. The quantitative estimate of drug-likeness (QED) is 0.630. The molecule has 1 aliphatic heterocycles. The van der Waals surface area contributed by atoms with Gasteiger partial charge in [-0.1, -0.05) is 32.1 Å². The van der Waals surface area contributed by atoms with Crippen LogP contribution in [-0.4, -0.2) is 46.1 Å². The Bertz CT molecular complexity index is 1060. The van der Waals surface area contributed by atoms with Crippen LogP contribution in [-0.2, 0) is 4.74 Å². The predicted molar refractivity (Wildman–Crippen MR) is 126 cm³/mol. The van der Waals surface area contributed by atoms with E-state index in [1.54, 1.807) is 0 Å². The first-order valence-corrected chi connectivity index (χ1v) is 12.3. The average molecular weight is 433 g/mol. The summed E-state index contributed by atoms with van der Waals surface area (Å²) in [7, 11) is 0. The lowest BCUT2D eigenvalue weighted by molar-refractivity contribution is 0.104. The molecule has 2 aliphatic carbocycles. The number of benzene rings is 1. The van der Waals surface area contributed by atoms with E-state index < -0.39 is 0 Å². The minimum absolute atomic E-state index is 0.474. The molecule has 0 radical (unpaired) electrons. The molecule has 1 saturated heterocycles. The van der Waals surface area contributed by atoms with Gasteiger partial charge in [0.25, 0.3) is 0 Å². The molecule has 32 heavy (non-hydrogen) atoms. The number of fused-ring (bicyclic) bond motifs is 2. The van der Waals surface area contributed by atoms with Gasteiger partial charge in [0.2, 0.25) is 5.95 Å². The molecule has 3 heterocycles. The van der Waals surface area contributed by atoms with Crippen LogP contribution in [0.25, 0.3) is 11.0 Å². The molecule has 3 fully saturated rings. The fourth-order valence-corrected chi connectivity index (χ4v) is 6.05. The summed E-state index contributed by atoms with van der Waals surface area (Å²) in [6.45, 7) is 3.48. The summed E-state index contributed by atoms with van der Waals surface area (Å²) in [5.41, 5.74) is 3.19. The minimum atomic E-state index is 0.474. The Morgan fingerprint density at radius 3 is 2.59 bits per heavy atom. The molecule has 3 atom stereocenters. The highest BCUT2D eigenvalue weighted by molar-refractivity contribution is 5.75. The van der Waals surface area contributed by atoms with Crippen molar-refractivity contribution in [1.29, 1.82) is 0 Å². The van der Waals surface area contributed by atoms with Gasteiger partial charge in [0.15, 0.2) is 5.65 Å². The van der Waals surface area contributed by atoms with Gasteiger partial charge < -0.3 is 15.0 Å². The third-order valence-electron chi connectivity index (χ3n) is 7.68. The van der Waals surface area contributed by atoms with E-state index >= 15 is 0 Å². The maximum Gasteiger partial charge on any atom is 0.229 e. The third-order valence-corrected chi connectivity index (χ3v) is 7.68. The molecule has 3 unspecified atom stereocenters. The maximum absolute atomic E-state index is 5.46. The molecule has 1 N–H and O–H groups in total. The van der Waals surface area contributed by atoms with Crippen molar-refractivity contribution in [3.05, 3.63) is 36.7 Å². The zero-order chi connectivity index (χ0) is 21.3.